The lowest BCUT2D eigenvalue weighted by atomic mass is 9.85. The summed E-state index contributed by atoms with van der Waals surface area (Å²) < 4.78 is 0. The highest BCUT2D eigenvalue weighted by Crippen LogP contribution is 2.31. The van der Waals surface area contributed by atoms with Crippen molar-refractivity contribution in [2.45, 2.75) is 33.7 Å². The van der Waals surface area contributed by atoms with Gasteiger partial charge in [0.05, 0.1) is 6.54 Å². The van der Waals surface area contributed by atoms with Crippen LogP contribution in [0.2, 0.25) is 0 Å². The molecule has 1 aliphatic rings. The lowest BCUT2D eigenvalue weighted by molar-refractivity contribution is -0.136. The number of carbonyl (C=O) groups is 3. The van der Waals surface area contributed by atoms with E-state index in [4.69, 9.17) is 5.41 Å². The van der Waals surface area contributed by atoms with E-state index in [0.29, 0.717) is 17.0 Å². The average molecular weight is 433 g/mol. The molecule has 0 aromatic heterocycles. The Bertz CT molecular complexity index is 1090. The van der Waals surface area contributed by atoms with Gasteiger partial charge in [0.1, 0.15) is 17.6 Å². The summed E-state index contributed by atoms with van der Waals surface area (Å²) in [6, 6.07) is 15.5. The molecular formula is C25H28N4O3. The summed E-state index contributed by atoms with van der Waals surface area (Å²) in [5.74, 6) is -1.04. The van der Waals surface area contributed by atoms with Gasteiger partial charge in [-0.1, -0.05) is 42.8 Å². The summed E-state index contributed by atoms with van der Waals surface area (Å²) in [4.78, 5) is 39.7. The highest BCUT2D eigenvalue weighted by Gasteiger charge is 2.42. The van der Waals surface area contributed by atoms with Crippen molar-refractivity contribution in [3.8, 4) is 0 Å². The van der Waals surface area contributed by atoms with Crippen molar-refractivity contribution >= 4 is 29.0 Å². The van der Waals surface area contributed by atoms with Crippen molar-refractivity contribution in [2.24, 2.45) is 5.92 Å². The predicted molar refractivity (Wildman–Crippen MR) is 124 cm³/mol. The Morgan fingerprint density at radius 2 is 1.75 bits per heavy atom. The molecule has 2 aromatic rings. The van der Waals surface area contributed by atoms with Crippen LogP contribution in [0.15, 0.2) is 66.0 Å². The van der Waals surface area contributed by atoms with Crippen LogP contribution in [0.25, 0.3) is 0 Å². The average Bonchev–Trinajstić information content (AvgIpc) is 2.74. The van der Waals surface area contributed by atoms with E-state index in [2.05, 4.69) is 10.6 Å². The second-order valence-corrected chi connectivity index (χ2v) is 8.11. The van der Waals surface area contributed by atoms with Gasteiger partial charge >= 0.3 is 0 Å². The van der Waals surface area contributed by atoms with E-state index >= 15 is 0 Å². The molecule has 0 spiro atoms. The second kappa shape index (κ2) is 9.60. The second-order valence-electron chi connectivity index (χ2n) is 8.11. The molecule has 3 N–H and O–H groups in total. The highest BCUT2D eigenvalue weighted by atomic mass is 16.2. The zero-order valence-electron chi connectivity index (χ0n) is 18.7. The number of ketones is 1. The fraction of sp³-hybridized carbons (Fsp3) is 0.280. The van der Waals surface area contributed by atoms with Gasteiger partial charge in [0.2, 0.25) is 0 Å². The number of hydrogen-bond donors (Lipinski definition) is 3. The molecule has 7 heteroatoms. The zero-order valence-corrected chi connectivity index (χ0v) is 18.7. The van der Waals surface area contributed by atoms with Crippen LogP contribution >= 0.6 is 0 Å². The Kier molecular flexibility index (Phi) is 6.88. The molecular weight excluding hydrogens is 404 g/mol. The summed E-state index contributed by atoms with van der Waals surface area (Å²) in [5, 5.41) is 14.4. The summed E-state index contributed by atoms with van der Waals surface area (Å²) in [6.45, 7) is 6.58. The Hall–Kier alpha value is -3.74. The normalized spacial score (nSPS) is 18.4. The van der Waals surface area contributed by atoms with E-state index in [9.17, 15) is 14.4 Å². The standard InChI is InChI=1S/C25H28N4O3/c1-15-9-8-10-19(13-15)24(31)28-22-17(3)21(18(4)26)23(27-20-11-6-5-7-12-20)29(25(22)32)14-16(2)30/h5-13,17,22,26-27H,14H2,1-4H3,(H,28,31). The Morgan fingerprint density at radius 3 is 2.34 bits per heavy atom. The zero-order chi connectivity index (χ0) is 23.4. The lowest BCUT2D eigenvalue weighted by Gasteiger charge is -2.40. The molecule has 32 heavy (non-hydrogen) atoms. The molecule has 0 bridgehead atoms. The van der Waals surface area contributed by atoms with E-state index in [1.807, 2.05) is 50.2 Å². The predicted octanol–water partition coefficient (Wildman–Crippen LogP) is 3.52. The largest absolute Gasteiger partial charge is 0.341 e. The maximum absolute atomic E-state index is 13.5. The van der Waals surface area contributed by atoms with Crippen LogP contribution in [0.5, 0.6) is 0 Å². The molecule has 2 atom stereocenters. The number of Topliss-reactive ketones (excluding diaryl/α,β-unsaturated/α-hetero) is 1. The minimum Gasteiger partial charge on any atom is -0.341 e. The quantitative estimate of drug-likeness (QED) is 0.583. The third-order valence-corrected chi connectivity index (χ3v) is 5.40. The number of rotatable bonds is 7. The number of nitrogens with one attached hydrogen (secondary N) is 3. The third-order valence-electron chi connectivity index (χ3n) is 5.40. The first kappa shape index (κ1) is 22.9. The summed E-state index contributed by atoms with van der Waals surface area (Å²) in [5.41, 5.74) is 2.95. The smallest absolute Gasteiger partial charge is 0.251 e. The summed E-state index contributed by atoms with van der Waals surface area (Å²) in [6.07, 6.45) is 0. The molecule has 0 saturated carbocycles. The van der Waals surface area contributed by atoms with Crippen LogP contribution < -0.4 is 10.6 Å². The molecule has 0 aliphatic carbocycles. The van der Waals surface area contributed by atoms with Gasteiger partial charge in [0, 0.05) is 28.5 Å². The molecule has 0 radical (unpaired) electrons. The van der Waals surface area contributed by atoms with Crippen LogP contribution in [-0.2, 0) is 9.59 Å². The number of benzene rings is 2. The fourth-order valence-electron chi connectivity index (χ4n) is 3.91. The van der Waals surface area contributed by atoms with Gasteiger partial charge in [-0.05, 0) is 45.0 Å². The van der Waals surface area contributed by atoms with Gasteiger partial charge in [-0.2, -0.15) is 0 Å². The van der Waals surface area contributed by atoms with E-state index in [1.165, 1.54) is 11.8 Å². The van der Waals surface area contributed by atoms with Crippen molar-refractivity contribution < 1.29 is 14.4 Å². The first-order chi connectivity index (χ1) is 15.2. The summed E-state index contributed by atoms with van der Waals surface area (Å²) in [7, 11) is 0. The number of hydrogen-bond acceptors (Lipinski definition) is 5. The monoisotopic (exact) mass is 432 g/mol. The van der Waals surface area contributed by atoms with Crippen molar-refractivity contribution in [3.63, 3.8) is 0 Å². The SMILES string of the molecule is CC(=N)C1=C(Nc2ccccc2)N(CC(C)=O)C(=O)C(NC(=O)c2cccc(C)c2)C1C. The van der Waals surface area contributed by atoms with Gasteiger partial charge in [-0.3, -0.25) is 19.3 Å². The topological polar surface area (TPSA) is 102 Å². The highest BCUT2D eigenvalue weighted by molar-refractivity contribution is 6.04. The molecule has 1 heterocycles. The van der Waals surface area contributed by atoms with Crippen molar-refractivity contribution in [1.82, 2.24) is 10.2 Å². The van der Waals surface area contributed by atoms with Crippen LogP contribution in [-0.4, -0.2) is 40.8 Å². The molecule has 0 saturated heterocycles. The van der Waals surface area contributed by atoms with Crippen LogP contribution in [0.1, 0.15) is 36.7 Å². The summed E-state index contributed by atoms with van der Waals surface area (Å²) >= 11 is 0. The van der Waals surface area contributed by atoms with Gasteiger partial charge in [0.15, 0.2) is 0 Å². The Balaban J connectivity index is 2.02. The molecule has 3 rings (SSSR count). The number of amides is 2. The third kappa shape index (κ3) is 4.94. The molecule has 2 unspecified atom stereocenters. The van der Waals surface area contributed by atoms with Gasteiger partial charge in [0.25, 0.3) is 11.8 Å². The first-order valence-electron chi connectivity index (χ1n) is 10.5. The molecule has 166 valence electrons. The number of nitrogens with zero attached hydrogens (tertiary/aromatic N) is 1. The van der Waals surface area contributed by atoms with Crippen LogP contribution in [0.4, 0.5) is 5.69 Å². The number of para-hydroxylation sites is 1. The Labute approximate surface area is 188 Å². The molecule has 7 nitrogen and oxygen atoms in total. The minimum atomic E-state index is -0.904. The first-order valence-corrected chi connectivity index (χ1v) is 10.5. The maximum Gasteiger partial charge on any atom is 0.251 e. The number of carbonyl (C=O) groups excluding carboxylic acids is 3. The molecule has 0 fully saturated rings. The lowest BCUT2D eigenvalue weighted by Crippen LogP contribution is -2.57. The fourth-order valence-corrected chi connectivity index (χ4v) is 3.91. The van der Waals surface area contributed by atoms with Crippen molar-refractivity contribution in [3.05, 3.63) is 77.1 Å². The van der Waals surface area contributed by atoms with Gasteiger partial charge < -0.3 is 16.0 Å². The maximum atomic E-state index is 13.5. The molecule has 2 aromatic carbocycles. The van der Waals surface area contributed by atoms with Crippen LogP contribution in [0.3, 0.4) is 0 Å². The Morgan fingerprint density at radius 1 is 1.06 bits per heavy atom. The number of aryl methyl sites for hydroxylation is 1. The van der Waals surface area contributed by atoms with E-state index in [0.717, 1.165) is 11.3 Å². The van der Waals surface area contributed by atoms with Crippen LogP contribution in [0, 0.1) is 18.3 Å². The minimum absolute atomic E-state index is 0.158. The molecule has 1 aliphatic heterocycles. The van der Waals surface area contributed by atoms with Gasteiger partial charge in [-0.25, -0.2) is 0 Å². The van der Waals surface area contributed by atoms with E-state index in [1.54, 1.807) is 25.1 Å². The van der Waals surface area contributed by atoms with Gasteiger partial charge in [-0.15, -0.1) is 0 Å². The van der Waals surface area contributed by atoms with E-state index in [-0.39, 0.29) is 23.9 Å². The number of anilines is 1. The van der Waals surface area contributed by atoms with Crippen molar-refractivity contribution in [1.29, 1.82) is 5.41 Å². The molecule has 2 amide bonds. The van der Waals surface area contributed by atoms with E-state index < -0.39 is 17.9 Å². The van der Waals surface area contributed by atoms with Crippen molar-refractivity contribution in [2.75, 3.05) is 11.9 Å².